The predicted octanol–water partition coefficient (Wildman–Crippen LogP) is 5.66. The van der Waals surface area contributed by atoms with Crippen LogP contribution in [0.2, 0.25) is 10.0 Å². The molecule has 0 spiro atoms. The summed E-state index contributed by atoms with van der Waals surface area (Å²) in [6, 6.07) is 7.40. The van der Waals surface area contributed by atoms with E-state index in [1.54, 1.807) is 18.2 Å². The molecule has 0 amide bonds. The first kappa shape index (κ1) is 20.3. The molecule has 3 nitrogen and oxygen atoms in total. The summed E-state index contributed by atoms with van der Waals surface area (Å²) in [4.78, 5) is 11.4. The second-order valence-electron chi connectivity index (χ2n) is 4.98. The molecule has 0 unspecified atom stereocenters. The zero-order valence-electron chi connectivity index (χ0n) is 13.3. The Balaban J connectivity index is 2.10. The fourth-order valence-corrected chi connectivity index (χ4v) is 3.14. The van der Waals surface area contributed by atoms with Gasteiger partial charge in [-0.15, -0.1) is 6.42 Å². The molecule has 7 heteroatoms. The Morgan fingerprint density at radius 1 is 1.27 bits per heavy atom. The summed E-state index contributed by atoms with van der Waals surface area (Å²) in [5.41, 5.74) is 1.28. The standard InChI is InChI=1S/C19H12BrCl2FO3/c1-2-7-25-18(24)6-3-12-8-15(20)19(17(22)9-12)26-11-13-4-5-14(23)10-16(13)21/h1,3-6,8-10H,7,11H2/b6-3+. The molecule has 2 aromatic carbocycles. The summed E-state index contributed by atoms with van der Waals surface area (Å²) in [5.74, 6) is 1.63. The van der Waals surface area contributed by atoms with E-state index in [2.05, 4.69) is 21.9 Å². The Labute approximate surface area is 168 Å². The lowest BCUT2D eigenvalue weighted by Crippen LogP contribution is -2.00. The zero-order valence-corrected chi connectivity index (χ0v) is 16.4. The third kappa shape index (κ3) is 5.77. The lowest BCUT2D eigenvalue weighted by molar-refractivity contribution is -0.136. The third-order valence-electron chi connectivity index (χ3n) is 3.12. The molecule has 0 aliphatic heterocycles. The van der Waals surface area contributed by atoms with Crippen molar-refractivity contribution in [3.8, 4) is 18.1 Å². The summed E-state index contributed by atoms with van der Waals surface area (Å²) >= 11 is 15.6. The highest BCUT2D eigenvalue weighted by Crippen LogP contribution is 2.35. The summed E-state index contributed by atoms with van der Waals surface area (Å²) in [5, 5.41) is 0.594. The van der Waals surface area contributed by atoms with Gasteiger partial charge in [-0.2, -0.15) is 0 Å². The van der Waals surface area contributed by atoms with Crippen LogP contribution in [-0.4, -0.2) is 12.6 Å². The van der Waals surface area contributed by atoms with E-state index in [-0.39, 0.29) is 18.2 Å². The van der Waals surface area contributed by atoms with Crippen LogP contribution in [0.15, 0.2) is 40.9 Å². The molecule has 0 heterocycles. The van der Waals surface area contributed by atoms with Gasteiger partial charge in [0.25, 0.3) is 0 Å². The van der Waals surface area contributed by atoms with E-state index in [1.165, 1.54) is 24.3 Å². The maximum Gasteiger partial charge on any atom is 0.331 e. The first-order valence-electron chi connectivity index (χ1n) is 7.24. The van der Waals surface area contributed by atoms with Crippen molar-refractivity contribution in [2.24, 2.45) is 0 Å². The Hall–Kier alpha value is -2.00. The highest BCUT2D eigenvalue weighted by atomic mass is 79.9. The molecule has 0 fully saturated rings. The second kappa shape index (κ2) is 9.63. The van der Waals surface area contributed by atoms with Gasteiger partial charge >= 0.3 is 5.97 Å². The smallest absolute Gasteiger partial charge is 0.331 e. The first-order valence-corrected chi connectivity index (χ1v) is 8.79. The maximum absolute atomic E-state index is 13.1. The Morgan fingerprint density at radius 3 is 2.69 bits per heavy atom. The molecule has 0 aliphatic carbocycles. The van der Waals surface area contributed by atoms with Crippen LogP contribution in [0.25, 0.3) is 6.08 Å². The number of benzene rings is 2. The molecule has 2 aromatic rings. The van der Waals surface area contributed by atoms with Crippen molar-refractivity contribution < 1.29 is 18.7 Å². The minimum atomic E-state index is -0.554. The molecule has 0 aromatic heterocycles. The van der Waals surface area contributed by atoms with Crippen molar-refractivity contribution in [3.05, 3.63) is 67.9 Å². The van der Waals surface area contributed by atoms with E-state index in [9.17, 15) is 9.18 Å². The molecule has 0 aliphatic rings. The SMILES string of the molecule is C#CCOC(=O)/C=C/c1cc(Cl)c(OCc2ccc(F)cc2Cl)c(Br)c1. The Morgan fingerprint density at radius 2 is 2.04 bits per heavy atom. The van der Waals surface area contributed by atoms with Gasteiger partial charge in [-0.05, 0) is 51.8 Å². The number of rotatable bonds is 6. The van der Waals surface area contributed by atoms with Gasteiger partial charge < -0.3 is 9.47 Å². The molecule has 134 valence electrons. The number of carbonyl (C=O) groups is 1. The van der Waals surface area contributed by atoms with Crippen LogP contribution in [0.3, 0.4) is 0 Å². The lowest BCUT2D eigenvalue weighted by Gasteiger charge is -2.12. The molecule has 0 bridgehead atoms. The van der Waals surface area contributed by atoms with Gasteiger partial charge in [0.15, 0.2) is 12.4 Å². The molecule has 0 atom stereocenters. The summed E-state index contributed by atoms with van der Waals surface area (Å²) < 4.78 is 24.1. The minimum Gasteiger partial charge on any atom is -0.486 e. The molecule has 0 saturated carbocycles. The molecular formula is C19H12BrCl2FO3. The van der Waals surface area contributed by atoms with Gasteiger partial charge in [0, 0.05) is 11.6 Å². The van der Waals surface area contributed by atoms with E-state index < -0.39 is 11.8 Å². The van der Waals surface area contributed by atoms with Crippen LogP contribution in [0, 0.1) is 18.2 Å². The van der Waals surface area contributed by atoms with Crippen LogP contribution in [0.4, 0.5) is 4.39 Å². The summed E-state index contributed by atoms with van der Waals surface area (Å²) in [7, 11) is 0. The van der Waals surface area contributed by atoms with Crippen LogP contribution < -0.4 is 4.74 Å². The maximum atomic E-state index is 13.1. The lowest BCUT2D eigenvalue weighted by atomic mass is 10.2. The molecule has 0 N–H and O–H groups in total. The summed E-state index contributed by atoms with van der Waals surface area (Å²) in [6.07, 6.45) is 7.79. The van der Waals surface area contributed by atoms with E-state index in [4.69, 9.17) is 39.1 Å². The fourth-order valence-electron chi connectivity index (χ4n) is 1.93. The van der Waals surface area contributed by atoms with Crippen molar-refractivity contribution in [1.82, 2.24) is 0 Å². The number of ether oxygens (including phenoxy) is 2. The fraction of sp³-hybridized carbons (Fsp3) is 0.105. The Bertz CT molecular complexity index is 868. The zero-order chi connectivity index (χ0) is 19.1. The van der Waals surface area contributed by atoms with Crippen LogP contribution in [0.5, 0.6) is 5.75 Å². The van der Waals surface area contributed by atoms with Gasteiger partial charge in [-0.25, -0.2) is 9.18 Å². The largest absolute Gasteiger partial charge is 0.486 e. The number of carbonyl (C=O) groups excluding carboxylic acids is 1. The molecule has 2 rings (SSSR count). The van der Waals surface area contributed by atoms with Crippen molar-refractivity contribution >= 4 is 51.2 Å². The number of hydrogen-bond acceptors (Lipinski definition) is 3. The van der Waals surface area contributed by atoms with Crippen molar-refractivity contribution in [2.75, 3.05) is 6.61 Å². The van der Waals surface area contributed by atoms with Gasteiger partial charge in [0.2, 0.25) is 0 Å². The number of esters is 1. The van der Waals surface area contributed by atoms with E-state index in [1.807, 2.05) is 0 Å². The topological polar surface area (TPSA) is 35.5 Å². The quantitative estimate of drug-likeness (QED) is 0.318. The van der Waals surface area contributed by atoms with Crippen molar-refractivity contribution in [1.29, 1.82) is 0 Å². The number of halogens is 4. The second-order valence-corrected chi connectivity index (χ2v) is 6.65. The average Bonchev–Trinajstić information content (AvgIpc) is 2.59. The number of terminal acetylenes is 1. The van der Waals surface area contributed by atoms with Crippen LogP contribution in [-0.2, 0) is 16.1 Å². The van der Waals surface area contributed by atoms with Gasteiger partial charge in [0.05, 0.1) is 14.5 Å². The van der Waals surface area contributed by atoms with Crippen molar-refractivity contribution in [2.45, 2.75) is 6.61 Å². The van der Waals surface area contributed by atoms with E-state index in [0.29, 0.717) is 26.4 Å². The predicted molar refractivity (Wildman–Crippen MR) is 104 cm³/mol. The average molecular weight is 458 g/mol. The summed E-state index contributed by atoms with van der Waals surface area (Å²) in [6.45, 7) is 0.0252. The normalized spacial score (nSPS) is 10.6. The van der Waals surface area contributed by atoms with Crippen molar-refractivity contribution in [3.63, 3.8) is 0 Å². The van der Waals surface area contributed by atoms with Gasteiger partial charge in [0.1, 0.15) is 12.4 Å². The monoisotopic (exact) mass is 456 g/mol. The third-order valence-corrected chi connectivity index (χ3v) is 4.34. The molecule has 0 saturated heterocycles. The molecule has 26 heavy (non-hydrogen) atoms. The van der Waals surface area contributed by atoms with Gasteiger partial charge in [-0.3, -0.25) is 0 Å². The molecular weight excluding hydrogens is 446 g/mol. The van der Waals surface area contributed by atoms with Gasteiger partial charge in [-0.1, -0.05) is 35.2 Å². The van der Waals surface area contributed by atoms with Crippen LogP contribution >= 0.6 is 39.1 Å². The highest BCUT2D eigenvalue weighted by molar-refractivity contribution is 9.10. The minimum absolute atomic E-state index is 0.0909. The molecule has 0 radical (unpaired) electrons. The Kier molecular flexibility index (Phi) is 7.52. The van der Waals surface area contributed by atoms with E-state index in [0.717, 1.165) is 0 Å². The highest BCUT2D eigenvalue weighted by Gasteiger charge is 2.11. The van der Waals surface area contributed by atoms with E-state index >= 15 is 0 Å². The first-order chi connectivity index (χ1) is 12.4. The van der Waals surface area contributed by atoms with Crippen LogP contribution in [0.1, 0.15) is 11.1 Å². The number of hydrogen-bond donors (Lipinski definition) is 0.